The number of oxime groups is 1. The average Bonchev–Trinajstić information content (AvgIpc) is 2.85. The number of nitrogens with one attached hydrogen (secondary N) is 1. The average molecular weight is 263 g/mol. The number of hydrogen-bond acceptors (Lipinski definition) is 4. The van der Waals surface area contributed by atoms with Crippen molar-refractivity contribution in [3.05, 3.63) is 35.4 Å². The first kappa shape index (κ1) is 13.8. The number of benzene rings is 1. The summed E-state index contributed by atoms with van der Waals surface area (Å²) in [6.45, 7) is 4.57. The molecule has 2 rings (SSSR count). The van der Waals surface area contributed by atoms with E-state index in [1.165, 1.54) is 0 Å². The quantitative estimate of drug-likeness (QED) is 0.325. The smallest absolute Gasteiger partial charge is 0.170 e. The summed E-state index contributed by atoms with van der Waals surface area (Å²) in [5, 5.41) is 15.1. The molecule has 19 heavy (non-hydrogen) atoms. The minimum atomic E-state index is -0.0385. The van der Waals surface area contributed by atoms with E-state index in [-0.39, 0.29) is 11.4 Å². The summed E-state index contributed by atoms with van der Waals surface area (Å²) in [6, 6.07) is 7.65. The molecule has 1 aromatic carbocycles. The Morgan fingerprint density at radius 3 is 3.11 bits per heavy atom. The Labute approximate surface area is 113 Å². The second-order valence-corrected chi connectivity index (χ2v) is 5.19. The van der Waals surface area contributed by atoms with Crippen LogP contribution in [0.4, 0.5) is 0 Å². The van der Waals surface area contributed by atoms with Crippen molar-refractivity contribution in [2.45, 2.75) is 31.9 Å². The van der Waals surface area contributed by atoms with Crippen LogP contribution in [-0.2, 0) is 11.3 Å². The number of nitrogens with two attached hydrogens (primary N) is 1. The lowest BCUT2D eigenvalue weighted by Gasteiger charge is -2.23. The van der Waals surface area contributed by atoms with Gasteiger partial charge in [0, 0.05) is 25.3 Å². The van der Waals surface area contributed by atoms with Gasteiger partial charge in [-0.2, -0.15) is 0 Å². The fraction of sp³-hybridized carbons (Fsp3) is 0.500. The molecule has 1 unspecified atom stereocenters. The number of nitrogens with zero attached hydrogens (tertiary/aromatic N) is 1. The van der Waals surface area contributed by atoms with Crippen molar-refractivity contribution >= 4 is 5.84 Å². The molecule has 4 N–H and O–H groups in total. The molecule has 0 spiro atoms. The zero-order valence-electron chi connectivity index (χ0n) is 11.2. The molecule has 0 bridgehead atoms. The minimum Gasteiger partial charge on any atom is -0.409 e. The number of rotatable bonds is 5. The van der Waals surface area contributed by atoms with Gasteiger partial charge in [0.05, 0.1) is 5.60 Å². The SMILES string of the molecule is CC1(CNCc2cccc(C(N)=NO)c2)CCCO1. The number of ether oxygens (including phenoxy) is 1. The van der Waals surface area contributed by atoms with Crippen molar-refractivity contribution in [1.29, 1.82) is 0 Å². The second-order valence-electron chi connectivity index (χ2n) is 5.19. The first-order chi connectivity index (χ1) is 9.13. The Kier molecular flexibility index (Phi) is 4.39. The van der Waals surface area contributed by atoms with Crippen LogP contribution in [0.1, 0.15) is 30.9 Å². The van der Waals surface area contributed by atoms with Crippen LogP contribution in [-0.4, -0.2) is 29.8 Å². The molecule has 1 fully saturated rings. The van der Waals surface area contributed by atoms with Crippen molar-refractivity contribution < 1.29 is 9.94 Å². The topological polar surface area (TPSA) is 79.9 Å². The third-order valence-electron chi connectivity index (χ3n) is 3.46. The highest BCUT2D eigenvalue weighted by molar-refractivity contribution is 5.97. The van der Waals surface area contributed by atoms with Gasteiger partial charge in [-0.15, -0.1) is 0 Å². The summed E-state index contributed by atoms with van der Waals surface area (Å²) in [7, 11) is 0. The van der Waals surface area contributed by atoms with Crippen LogP contribution in [0.2, 0.25) is 0 Å². The summed E-state index contributed by atoms with van der Waals surface area (Å²) in [5.41, 5.74) is 7.36. The lowest BCUT2D eigenvalue weighted by atomic mass is 10.0. The predicted octanol–water partition coefficient (Wildman–Crippen LogP) is 1.44. The molecule has 1 saturated heterocycles. The maximum absolute atomic E-state index is 8.66. The van der Waals surface area contributed by atoms with Crippen LogP contribution in [0.15, 0.2) is 29.4 Å². The van der Waals surface area contributed by atoms with Crippen LogP contribution in [0.25, 0.3) is 0 Å². The fourth-order valence-electron chi connectivity index (χ4n) is 2.35. The van der Waals surface area contributed by atoms with Gasteiger partial charge in [0.2, 0.25) is 0 Å². The Balaban J connectivity index is 1.89. The summed E-state index contributed by atoms with van der Waals surface area (Å²) in [6.07, 6.45) is 2.24. The van der Waals surface area contributed by atoms with Gasteiger partial charge in [0.25, 0.3) is 0 Å². The zero-order chi connectivity index (χ0) is 13.7. The second kappa shape index (κ2) is 6.04. The van der Waals surface area contributed by atoms with E-state index in [9.17, 15) is 0 Å². The van der Waals surface area contributed by atoms with E-state index in [0.29, 0.717) is 0 Å². The normalized spacial score (nSPS) is 23.7. The van der Waals surface area contributed by atoms with E-state index >= 15 is 0 Å². The molecule has 5 heteroatoms. The molecule has 104 valence electrons. The molecule has 1 atom stereocenters. The van der Waals surface area contributed by atoms with Crippen molar-refractivity contribution in [2.75, 3.05) is 13.2 Å². The van der Waals surface area contributed by atoms with E-state index in [2.05, 4.69) is 17.4 Å². The fourth-order valence-corrected chi connectivity index (χ4v) is 2.35. The monoisotopic (exact) mass is 263 g/mol. The van der Waals surface area contributed by atoms with Gasteiger partial charge < -0.3 is 21.0 Å². The molecule has 0 amide bonds. The van der Waals surface area contributed by atoms with E-state index in [4.69, 9.17) is 15.7 Å². The van der Waals surface area contributed by atoms with Crippen LogP contribution in [0, 0.1) is 0 Å². The minimum absolute atomic E-state index is 0.0385. The van der Waals surface area contributed by atoms with Crippen LogP contribution in [0.3, 0.4) is 0 Å². The van der Waals surface area contributed by atoms with E-state index in [1.807, 2.05) is 24.3 Å². The highest BCUT2D eigenvalue weighted by Crippen LogP contribution is 2.23. The maximum Gasteiger partial charge on any atom is 0.170 e. The van der Waals surface area contributed by atoms with Crippen LogP contribution in [0.5, 0.6) is 0 Å². The molecule has 1 aliphatic heterocycles. The standard InChI is InChI=1S/C14H21N3O2/c1-14(6-3-7-19-14)10-16-9-11-4-2-5-12(8-11)13(15)17-18/h2,4-5,8,16,18H,3,6-7,9-10H2,1H3,(H2,15,17). The molecule has 1 aromatic rings. The lowest BCUT2D eigenvalue weighted by Crippen LogP contribution is -2.36. The van der Waals surface area contributed by atoms with E-state index < -0.39 is 0 Å². The molecule has 0 aromatic heterocycles. The van der Waals surface area contributed by atoms with Gasteiger partial charge in [-0.1, -0.05) is 23.4 Å². The van der Waals surface area contributed by atoms with Gasteiger partial charge in [0.15, 0.2) is 5.84 Å². The van der Waals surface area contributed by atoms with Gasteiger partial charge in [-0.25, -0.2) is 0 Å². The molecule has 0 radical (unpaired) electrons. The van der Waals surface area contributed by atoms with Crippen LogP contribution < -0.4 is 11.1 Å². The van der Waals surface area contributed by atoms with Crippen LogP contribution >= 0.6 is 0 Å². The highest BCUT2D eigenvalue weighted by atomic mass is 16.5. The van der Waals surface area contributed by atoms with Gasteiger partial charge in [-0.05, 0) is 31.4 Å². The molecule has 1 aliphatic rings. The third kappa shape index (κ3) is 3.68. The summed E-state index contributed by atoms with van der Waals surface area (Å²) in [4.78, 5) is 0. The highest BCUT2D eigenvalue weighted by Gasteiger charge is 2.28. The Morgan fingerprint density at radius 2 is 2.42 bits per heavy atom. The Bertz CT molecular complexity index is 454. The molecule has 0 saturated carbocycles. The van der Waals surface area contributed by atoms with Crippen molar-refractivity contribution in [3.63, 3.8) is 0 Å². The van der Waals surface area contributed by atoms with Crippen molar-refractivity contribution in [3.8, 4) is 0 Å². The number of hydrogen-bond donors (Lipinski definition) is 3. The van der Waals surface area contributed by atoms with Gasteiger partial charge >= 0.3 is 0 Å². The lowest BCUT2D eigenvalue weighted by molar-refractivity contribution is 0.0207. The third-order valence-corrected chi connectivity index (χ3v) is 3.46. The van der Waals surface area contributed by atoms with Crippen molar-refractivity contribution in [1.82, 2.24) is 5.32 Å². The summed E-state index contributed by atoms with van der Waals surface area (Å²) < 4.78 is 5.72. The maximum atomic E-state index is 8.66. The molecular weight excluding hydrogens is 242 g/mol. The predicted molar refractivity (Wildman–Crippen MR) is 74.3 cm³/mol. The van der Waals surface area contributed by atoms with E-state index in [1.54, 1.807) is 0 Å². The van der Waals surface area contributed by atoms with Gasteiger partial charge in [0.1, 0.15) is 0 Å². The largest absolute Gasteiger partial charge is 0.409 e. The van der Waals surface area contributed by atoms with Crippen molar-refractivity contribution in [2.24, 2.45) is 10.9 Å². The first-order valence-electron chi connectivity index (χ1n) is 6.54. The summed E-state index contributed by atoms with van der Waals surface area (Å²) >= 11 is 0. The Morgan fingerprint density at radius 1 is 1.58 bits per heavy atom. The Hall–Kier alpha value is -1.59. The zero-order valence-corrected chi connectivity index (χ0v) is 11.2. The molecule has 0 aliphatic carbocycles. The van der Waals surface area contributed by atoms with Gasteiger partial charge in [-0.3, -0.25) is 0 Å². The first-order valence-corrected chi connectivity index (χ1v) is 6.54. The van der Waals surface area contributed by atoms with E-state index in [0.717, 1.165) is 43.7 Å². The molecular formula is C14H21N3O2. The summed E-state index contributed by atoms with van der Waals surface area (Å²) in [5.74, 6) is 0.132. The molecule has 1 heterocycles. The molecule has 5 nitrogen and oxygen atoms in total. The number of amidine groups is 1.